The van der Waals surface area contributed by atoms with Gasteiger partial charge in [-0.05, 0) is 62.9 Å². The van der Waals surface area contributed by atoms with Crippen molar-refractivity contribution in [1.29, 1.82) is 0 Å². The van der Waals surface area contributed by atoms with Gasteiger partial charge in [0.1, 0.15) is 23.5 Å². The minimum absolute atomic E-state index is 0.00296. The molecule has 0 unspecified atom stereocenters. The molecule has 1 saturated carbocycles. The Morgan fingerprint density at radius 3 is 2.49 bits per heavy atom. The van der Waals surface area contributed by atoms with E-state index < -0.39 is 22.4 Å². The Morgan fingerprint density at radius 1 is 1.07 bits per heavy atom. The van der Waals surface area contributed by atoms with Crippen LogP contribution in [0.3, 0.4) is 0 Å². The lowest BCUT2D eigenvalue weighted by Gasteiger charge is -2.35. The summed E-state index contributed by atoms with van der Waals surface area (Å²) in [5, 5.41) is 15.1. The van der Waals surface area contributed by atoms with Crippen LogP contribution in [-0.4, -0.2) is 65.6 Å². The number of hydrogen-bond donors (Lipinski definition) is 1. The summed E-state index contributed by atoms with van der Waals surface area (Å²) in [5.41, 5.74) is 0.0235. The van der Waals surface area contributed by atoms with Crippen LogP contribution < -0.4 is 5.32 Å². The number of amides is 1. The number of anilines is 1. The number of rotatable bonds is 8. The summed E-state index contributed by atoms with van der Waals surface area (Å²) in [4.78, 5) is 26.8. The lowest BCUT2D eigenvalue weighted by molar-refractivity contribution is -0.388. The van der Waals surface area contributed by atoms with Crippen LogP contribution in [0.4, 0.5) is 24.5 Å². The Labute approximate surface area is 235 Å². The number of furan rings is 1. The van der Waals surface area contributed by atoms with Crippen molar-refractivity contribution >= 4 is 28.3 Å². The minimum atomic E-state index is -4.82. The summed E-state index contributed by atoms with van der Waals surface area (Å²) in [5.74, 6) is 0.864. The van der Waals surface area contributed by atoms with Crippen LogP contribution in [-0.2, 0) is 22.3 Å². The van der Waals surface area contributed by atoms with Gasteiger partial charge in [0.2, 0.25) is 5.91 Å². The molecule has 2 heterocycles. The Kier molecular flexibility index (Phi) is 8.50. The van der Waals surface area contributed by atoms with Crippen molar-refractivity contribution in [2.45, 2.75) is 57.5 Å². The van der Waals surface area contributed by atoms with Crippen LogP contribution in [0, 0.1) is 17.0 Å². The molecule has 12 heteroatoms. The number of piperazine rings is 1. The van der Waals surface area contributed by atoms with Crippen LogP contribution >= 0.6 is 0 Å². The molecule has 1 aliphatic carbocycles. The zero-order chi connectivity index (χ0) is 29.1. The van der Waals surface area contributed by atoms with Gasteiger partial charge in [0.05, 0.1) is 17.6 Å². The number of fused-ring (bicyclic) bond motifs is 1. The van der Waals surface area contributed by atoms with Gasteiger partial charge in [0, 0.05) is 49.4 Å². The van der Waals surface area contributed by atoms with Crippen LogP contribution in [0.25, 0.3) is 11.0 Å². The Morgan fingerprint density at radius 2 is 1.80 bits per heavy atom. The van der Waals surface area contributed by atoms with E-state index in [0.717, 1.165) is 42.0 Å². The Bertz CT molecular complexity index is 1390. The van der Waals surface area contributed by atoms with Crippen molar-refractivity contribution in [2.75, 3.05) is 38.1 Å². The van der Waals surface area contributed by atoms with Gasteiger partial charge in [-0.15, -0.1) is 0 Å². The molecule has 1 saturated heterocycles. The van der Waals surface area contributed by atoms with E-state index in [9.17, 15) is 28.1 Å². The number of nitro groups is 1. The summed E-state index contributed by atoms with van der Waals surface area (Å²) in [6.07, 6.45) is -2.30. The monoisotopic (exact) mass is 574 g/mol. The molecule has 220 valence electrons. The third kappa shape index (κ3) is 7.17. The lowest BCUT2D eigenvalue weighted by atomic mass is 9.92. The molecule has 2 fully saturated rings. The highest BCUT2D eigenvalue weighted by atomic mass is 19.4. The molecule has 5 rings (SSSR count). The van der Waals surface area contributed by atoms with Gasteiger partial charge in [0.15, 0.2) is 0 Å². The molecule has 9 nitrogen and oxygen atoms in total. The van der Waals surface area contributed by atoms with E-state index in [1.165, 1.54) is 11.6 Å². The van der Waals surface area contributed by atoms with Crippen molar-refractivity contribution < 1.29 is 32.0 Å². The zero-order valence-electron chi connectivity index (χ0n) is 22.8. The predicted octanol–water partition coefficient (Wildman–Crippen LogP) is 5.75. The quantitative estimate of drug-likeness (QED) is 0.270. The maximum Gasteiger partial charge on any atom is 0.423 e. The number of ether oxygens (including phenoxy) is 1. The highest BCUT2D eigenvalue weighted by Gasteiger charge is 2.38. The number of alkyl halides is 3. The van der Waals surface area contributed by atoms with Gasteiger partial charge < -0.3 is 19.4 Å². The molecule has 1 aliphatic heterocycles. The molecule has 1 aromatic heterocycles. The fraction of sp³-hybridized carbons (Fsp3) is 0.483. The van der Waals surface area contributed by atoms with Gasteiger partial charge in [-0.3, -0.25) is 19.8 Å². The van der Waals surface area contributed by atoms with Gasteiger partial charge in [-0.1, -0.05) is 11.6 Å². The third-order valence-electron chi connectivity index (χ3n) is 7.81. The molecule has 0 spiro atoms. The maximum absolute atomic E-state index is 13.3. The summed E-state index contributed by atoms with van der Waals surface area (Å²) < 4.78 is 51.7. The highest BCUT2D eigenvalue weighted by Crippen LogP contribution is 2.38. The molecule has 0 bridgehead atoms. The van der Waals surface area contributed by atoms with Crippen molar-refractivity contribution in [3.63, 3.8) is 0 Å². The number of hydrogen-bond acceptors (Lipinski definition) is 7. The van der Waals surface area contributed by atoms with Crippen LogP contribution in [0.2, 0.25) is 0 Å². The highest BCUT2D eigenvalue weighted by molar-refractivity contribution is 5.79. The van der Waals surface area contributed by atoms with Crippen LogP contribution in [0.15, 0.2) is 46.9 Å². The summed E-state index contributed by atoms with van der Waals surface area (Å²) in [6.45, 7) is 5.48. The number of nitro benzene ring substituents is 1. The average molecular weight is 575 g/mol. The van der Waals surface area contributed by atoms with Gasteiger partial charge in [0.25, 0.3) is 5.69 Å². The molecular weight excluding hydrogens is 541 g/mol. The van der Waals surface area contributed by atoms with Crippen molar-refractivity contribution in [3.8, 4) is 0 Å². The number of benzene rings is 2. The second-order valence-corrected chi connectivity index (χ2v) is 10.8. The fourth-order valence-electron chi connectivity index (χ4n) is 5.57. The van der Waals surface area contributed by atoms with Crippen molar-refractivity contribution in [2.24, 2.45) is 0 Å². The number of aryl methyl sites for hydroxylation is 1. The van der Waals surface area contributed by atoms with E-state index in [1.54, 1.807) is 0 Å². The standard InChI is InChI=1S/C29H33F3N4O5/c1-19-2-9-27-20(14-19)15-24(41-27)17-34-10-12-35(13-11-34)28(37)18-40-23-6-3-21(4-7-23)33-22-5-8-26(36(38)39)25(16-22)29(30,31)32/h2,5,8-9,14-16,21,23,33H,3-4,6-7,10-13,17-18H2,1H3. The average Bonchev–Trinajstić information content (AvgIpc) is 3.33. The Hall–Kier alpha value is -3.64. The van der Waals surface area contributed by atoms with Crippen LogP contribution in [0.1, 0.15) is 42.6 Å². The fourth-order valence-corrected chi connectivity index (χ4v) is 5.57. The minimum Gasteiger partial charge on any atom is -0.460 e. The molecule has 0 atom stereocenters. The SMILES string of the molecule is Cc1ccc2oc(CN3CCN(C(=O)COC4CCC(Nc5ccc([N+](=O)[O-])c(C(F)(F)F)c5)CC4)CC3)cc2c1. The van der Waals surface area contributed by atoms with Crippen molar-refractivity contribution in [1.82, 2.24) is 9.80 Å². The third-order valence-corrected chi connectivity index (χ3v) is 7.81. The molecular formula is C29H33F3N4O5. The molecule has 1 amide bonds. The number of halogens is 3. The van der Waals surface area contributed by atoms with Gasteiger partial charge in [-0.2, -0.15) is 13.2 Å². The molecule has 1 N–H and O–H groups in total. The molecule has 0 radical (unpaired) electrons. The van der Waals surface area contributed by atoms with Crippen molar-refractivity contribution in [3.05, 3.63) is 69.5 Å². The number of carbonyl (C=O) groups excluding carboxylic acids is 1. The largest absolute Gasteiger partial charge is 0.460 e. The normalized spacial score (nSPS) is 20.3. The first-order valence-corrected chi connectivity index (χ1v) is 13.8. The number of carbonyl (C=O) groups is 1. The molecule has 41 heavy (non-hydrogen) atoms. The second-order valence-electron chi connectivity index (χ2n) is 10.8. The lowest BCUT2D eigenvalue weighted by Crippen LogP contribution is -2.49. The first-order valence-electron chi connectivity index (χ1n) is 13.8. The first kappa shape index (κ1) is 28.9. The number of nitrogens with one attached hydrogen (secondary N) is 1. The molecule has 2 aromatic carbocycles. The van der Waals surface area contributed by atoms with E-state index in [0.29, 0.717) is 45.3 Å². The van der Waals surface area contributed by atoms with E-state index in [2.05, 4.69) is 29.3 Å². The Balaban J connectivity index is 1.03. The zero-order valence-corrected chi connectivity index (χ0v) is 22.8. The van der Waals surface area contributed by atoms with Gasteiger partial charge in [-0.25, -0.2) is 0 Å². The predicted molar refractivity (Wildman–Crippen MR) is 147 cm³/mol. The summed E-state index contributed by atoms with van der Waals surface area (Å²) >= 11 is 0. The van der Waals surface area contributed by atoms with E-state index >= 15 is 0 Å². The maximum atomic E-state index is 13.3. The molecule has 3 aromatic rings. The first-order chi connectivity index (χ1) is 19.5. The van der Waals surface area contributed by atoms with Gasteiger partial charge >= 0.3 is 6.18 Å². The number of nitrogens with zero attached hydrogens (tertiary/aromatic N) is 3. The topological polar surface area (TPSA) is 101 Å². The van der Waals surface area contributed by atoms with E-state index in [1.807, 2.05) is 17.0 Å². The smallest absolute Gasteiger partial charge is 0.423 e. The van der Waals surface area contributed by atoms with E-state index in [-0.39, 0.29) is 30.3 Å². The summed E-state index contributed by atoms with van der Waals surface area (Å²) in [6, 6.07) is 11.1. The molecule has 2 aliphatic rings. The summed E-state index contributed by atoms with van der Waals surface area (Å²) in [7, 11) is 0. The second kappa shape index (κ2) is 12.1. The van der Waals surface area contributed by atoms with Crippen LogP contribution in [0.5, 0.6) is 0 Å². The van der Waals surface area contributed by atoms with E-state index in [4.69, 9.17) is 9.15 Å².